The molecule has 0 spiro atoms. The fourth-order valence-electron chi connectivity index (χ4n) is 1.27. The molecule has 0 atom stereocenters. The molecule has 9 heteroatoms. The number of carbonyl (C=O) groups excluding carboxylic acids is 1. The SMILES string of the molecule is CC(C)N(SC(F)(Cl)Cl)C(=O)Oc1cnn(C(C)C)c1. The molecular weight excluding hydrogens is 328 g/mol. The van der Waals surface area contributed by atoms with Crippen LogP contribution in [0.5, 0.6) is 5.75 Å². The summed E-state index contributed by atoms with van der Waals surface area (Å²) >= 11 is 10.9. The number of nitrogens with zero attached hydrogens (tertiary/aromatic N) is 3. The Bertz CT molecular complexity index is 463. The van der Waals surface area contributed by atoms with Gasteiger partial charge in [-0.05, 0) is 27.7 Å². The van der Waals surface area contributed by atoms with E-state index in [4.69, 9.17) is 27.9 Å². The third-order valence-electron chi connectivity index (χ3n) is 2.16. The van der Waals surface area contributed by atoms with Gasteiger partial charge in [-0.1, -0.05) is 23.2 Å². The predicted molar refractivity (Wildman–Crippen MR) is 78.7 cm³/mol. The van der Waals surface area contributed by atoms with Crippen LogP contribution in [0.1, 0.15) is 33.7 Å². The van der Waals surface area contributed by atoms with Crippen LogP contribution in [-0.2, 0) is 0 Å². The zero-order valence-corrected chi connectivity index (χ0v) is 13.8. The summed E-state index contributed by atoms with van der Waals surface area (Å²) in [6.07, 6.45) is 2.22. The number of alkyl halides is 3. The first-order valence-electron chi connectivity index (χ1n) is 5.91. The minimum absolute atomic E-state index is 0.141. The highest BCUT2D eigenvalue weighted by atomic mass is 35.5. The van der Waals surface area contributed by atoms with Crippen LogP contribution in [0, 0.1) is 0 Å². The maximum absolute atomic E-state index is 13.2. The summed E-state index contributed by atoms with van der Waals surface area (Å²) in [5.74, 6) is 0.267. The van der Waals surface area contributed by atoms with Crippen LogP contribution in [0.3, 0.4) is 0 Å². The second-order valence-corrected chi connectivity index (χ2v) is 7.40. The lowest BCUT2D eigenvalue weighted by atomic mass is 10.4. The molecular formula is C11H16Cl2FN3O2S. The number of carbonyl (C=O) groups is 1. The molecule has 0 unspecified atom stereocenters. The number of ether oxygens (including phenoxy) is 1. The second-order valence-electron chi connectivity index (χ2n) is 4.57. The Balaban J connectivity index is 2.75. The molecule has 0 N–H and O–H groups in total. The highest BCUT2D eigenvalue weighted by molar-refractivity contribution is 8.01. The zero-order chi connectivity index (χ0) is 15.5. The first-order valence-corrected chi connectivity index (χ1v) is 7.44. The van der Waals surface area contributed by atoms with Gasteiger partial charge in [-0.2, -0.15) is 9.49 Å². The number of rotatable bonds is 5. The van der Waals surface area contributed by atoms with Gasteiger partial charge in [0.25, 0.3) is 0 Å². The van der Waals surface area contributed by atoms with E-state index in [2.05, 4.69) is 5.10 Å². The van der Waals surface area contributed by atoms with Gasteiger partial charge >= 0.3 is 10.0 Å². The molecule has 0 aromatic carbocycles. The first kappa shape index (κ1) is 17.4. The van der Waals surface area contributed by atoms with Crippen LogP contribution in [0.15, 0.2) is 12.4 Å². The molecule has 0 aliphatic rings. The first-order chi connectivity index (χ1) is 9.10. The number of halogens is 3. The third-order valence-corrected chi connectivity index (χ3v) is 3.55. The number of hydrogen-bond donors (Lipinski definition) is 0. The van der Waals surface area contributed by atoms with Crippen molar-refractivity contribution < 1.29 is 13.9 Å². The lowest BCUT2D eigenvalue weighted by Crippen LogP contribution is -2.35. The van der Waals surface area contributed by atoms with E-state index in [0.29, 0.717) is 11.9 Å². The maximum Gasteiger partial charge on any atom is 0.425 e. The summed E-state index contributed by atoms with van der Waals surface area (Å²) in [6.45, 7) is 7.25. The monoisotopic (exact) mass is 343 g/mol. The summed E-state index contributed by atoms with van der Waals surface area (Å²) in [4.78, 5) is 12.0. The molecule has 1 rings (SSSR count). The van der Waals surface area contributed by atoms with Gasteiger partial charge in [0.15, 0.2) is 5.75 Å². The molecule has 114 valence electrons. The molecule has 0 aliphatic carbocycles. The van der Waals surface area contributed by atoms with Crippen LogP contribution in [0.25, 0.3) is 0 Å². The third kappa shape index (κ3) is 5.38. The minimum Gasteiger partial charge on any atom is -0.406 e. The second kappa shape index (κ2) is 6.87. The summed E-state index contributed by atoms with van der Waals surface area (Å²) in [6, 6.07) is -0.206. The molecule has 0 fully saturated rings. The van der Waals surface area contributed by atoms with Crippen molar-refractivity contribution in [2.75, 3.05) is 0 Å². The number of hydrogen-bond acceptors (Lipinski definition) is 4. The fourth-order valence-corrected chi connectivity index (χ4v) is 2.26. The van der Waals surface area contributed by atoms with Crippen LogP contribution in [0.2, 0.25) is 0 Å². The largest absolute Gasteiger partial charge is 0.425 e. The Labute approximate surface area is 131 Å². The summed E-state index contributed by atoms with van der Waals surface area (Å²) < 4.78 is 18.4. The average Bonchev–Trinajstić information content (AvgIpc) is 2.72. The van der Waals surface area contributed by atoms with Crippen molar-refractivity contribution in [3.05, 3.63) is 12.4 Å². The predicted octanol–water partition coefficient (Wildman–Crippen LogP) is 4.38. The van der Waals surface area contributed by atoms with E-state index in [0.717, 1.165) is 4.31 Å². The molecule has 0 bridgehead atoms. The molecule has 1 aromatic heterocycles. The Morgan fingerprint density at radius 2 is 2.10 bits per heavy atom. The lowest BCUT2D eigenvalue weighted by Gasteiger charge is -2.25. The summed E-state index contributed by atoms with van der Waals surface area (Å²) in [5, 5.41) is 4.04. The topological polar surface area (TPSA) is 47.4 Å². The van der Waals surface area contributed by atoms with Crippen LogP contribution in [0.4, 0.5) is 9.18 Å². The molecule has 0 aliphatic heterocycles. The Morgan fingerprint density at radius 1 is 1.50 bits per heavy atom. The van der Waals surface area contributed by atoms with E-state index in [1.165, 1.54) is 6.20 Å². The van der Waals surface area contributed by atoms with Gasteiger partial charge in [-0.3, -0.25) is 4.68 Å². The maximum atomic E-state index is 13.2. The summed E-state index contributed by atoms with van der Waals surface area (Å²) in [7, 11) is 0. The number of aromatic nitrogens is 2. The van der Waals surface area contributed by atoms with E-state index in [9.17, 15) is 9.18 Å². The van der Waals surface area contributed by atoms with Crippen molar-refractivity contribution >= 4 is 41.2 Å². The van der Waals surface area contributed by atoms with Crippen LogP contribution >= 0.6 is 35.1 Å². The molecule has 1 aromatic rings. The van der Waals surface area contributed by atoms with Crippen molar-refractivity contribution in [2.45, 2.75) is 43.7 Å². The smallest absolute Gasteiger partial charge is 0.406 e. The van der Waals surface area contributed by atoms with Gasteiger partial charge < -0.3 is 4.74 Å². The van der Waals surface area contributed by atoms with E-state index < -0.39 is 10.0 Å². The average molecular weight is 344 g/mol. The van der Waals surface area contributed by atoms with Gasteiger partial charge in [-0.15, -0.1) is 0 Å². The van der Waals surface area contributed by atoms with Gasteiger partial charge in [0, 0.05) is 24.0 Å². The van der Waals surface area contributed by atoms with Crippen molar-refractivity contribution in [3.8, 4) is 5.75 Å². The van der Waals surface area contributed by atoms with Crippen molar-refractivity contribution in [3.63, 3.8) is 0 Å². The van der Waals surface area contributed by atoms with Gasteiger partial charge in [0.05, 0.1) is 12.4 Å². The van der Waals surface area contributed by atoms with Crippen molar-refractivity contribution in [1.29, 1.82) is 0 Å². The minimum atomic E-state index is -2.61. The van der Waals surface area contributed by atoms with Gasteiger partial charge in [0.1, 0.15) is 0 Å². The lowest BCUT2D eigenvalue weighted by molar-refractivity contribution is 0.174. The number of amides is 1. The van der Waals surface area contributed by atoms with Crippen molar-refractivity contribution in [2.24, 2.45) is 0 Å². The highest BCUT2D eigenvalue weighted by Gasteiger charge is 2.33. The van der Waals surface area contributed by atoms with E-state index in [-0.39, 0.29) is 17.8 Å². The highest BCUT2D eigenvalue weighted by Crippen LogP contribution is 2.39. The molecule has 0 saturated carbocycles. The Morgan fingerprint density at radius 3 is 2.50 bits per heavy atom. The van der Waals surface area contributed by atoms with Gasteiger partial charge in [0.2, 0.25) is 0 Å². The fraction of sp³-hybridized carbons (Fsp3) is 0.636. The van der Waals surface area contributed by atoms with E-state index >= 15 is 0 Å². The normalized spacial score (nSPS) is 12.1. The molecule has 5 nitrogen and oxygen atoms in total. The quantitative estimate of drug-likeness (QED) is 0.587. The van der Waals surface area contributed by atoms with E-state index in [1.54, 1.807) is 24.7 Å². The Hall–Kier alpha value is -0.660. The molecule has 1 heterocycles. The standard InChI is InChI=1S/C11H16Cl2FN3O2S/c1-7(2)16-6-9(5-15-16)19-10(18)17(8(3)4)20-11(12,13)14/h5-8H,1-4H3. The molecule has 1 amide bonds. The zero-order valence-electron chi connectivity index (χ0n) is 11.5. The molecule has 0 saturated heterocycles. The van der Waals surface area contributed by atoms with Gasteiger partial charge in [-0.25, -0.2) is 9.10 Å². The Kier molecular flexibility index (Phi) is 5.97. The summed E-state index contributed by atoms with van der Waals surface area (Å²) in [5.41, 5.74) is 0. The van der Waals surface area contributed by atoms with Crippen molar-refractivity contribution in [1.82, 2.24) is 14.1 Å². The van der Waals surface area contributed by atoms with Crippen LogP contribution < -0.4 is 4.74 Å². The molecule has 20 heavy (non-hydrogen) atoms. The molecule has 0 radical (unpaired) electrons. The van der Waals surface area contributed by atoms with Crippen LogP contribution in [-0.4, -0.2) is 30.1 Å². The van der Waals surface area contributed by atoms with E-state index in [1.807, 2.05) is 13.8 Å².